The molecule has 0 bridgehead atoms. The highest BCUT2D eigenvalue weighted by Crippen LogP contribution is 2.41. The molecule has 0 saturated carbocycles. The molecule has 1 amide bonds. The van der Waals surface area contributed by atoms with Crippen LogP contribution in [0.3, 0.4) is 0 Å². The summed E-state index contributed by atoms with van der Waals surface area (Å²) < 4.78 is 26.9. The van der Waals surface area contributed by atoms with Crippen LogP contribution in [0.5, 0.6) is 11.5 Å². The lowest BCUT2D eigenvalue weighted by molar-refractivity contribution is -0.139. The highest BCUT2D eigenvalue weighted by atomic mass is 32.2. The van der Waals surface area contributed by atoms with Gasteiger partial charge in [-0.25, -0.2) is 4.79 Å². The Kier molecular flexibility index (Phi) is 13.9. The Morgan fingerprint density at radius 1 is 0.929 bits per heavy atom. The molecule has 0 aliphatic carbocycles. The number of hydrogen-bond acceptors (Lipinski definition) is 11. The molecule has 0 atom stereocenters. The van der Waals surface area contributed by atoms with Gasteiger partial charge < -0.3 is 39.4 Å². The summed E-state index contributed by atoms with van der Waals surface area (Å²) in [5.74, 6) is -1.06. The third kappa shape index (κ3) is 10.9. The molecule has 42 heavy (non-hydrogen) atoms. The Hall–Kier alpha value is -3.84. The van der Waals surface area contributed by atoms with Crippen LogP contribution >= 0.6 is 11.8 Å². The van der Waals surface area contributed by atoms with Gasteiger partial charge in [-0.15, -0.1) is 0 Å². The van der Waals surface area contributed by atoms with Gasteiger partial charge in [-0.05, 0) is 42.8 Å². The summed E-state index contributed by atoms with van der Waals surface area (Å²) in [5.41, 5.74) is 1.23. The normalized spacial score (nSPS) is 13.9. The van der Waals surface area contributed by atoms with Crippen molar-refractivity contribution in [1.29, 1.82) is 0 Å². The number of phenols is 1. The van der Waals surface area contributed by atoms with Crippen LogP contribution in [-0.2, 0) is 33.3 Å². The number of carbonyl (C=O) groups excluding carboxylic acids is 3. The zero-order valence-electron chi connectivity index (χ0n) is 23.7. The fourth-order valence-electron chi connectivity index (χ4n) is 3.61. The second-order valence-corrected chi connectivity index (χ2v) is 9.80. The number of anilines is 1. The predicted octanol–water partition coefficient (Wildman–Crippen LogP) is 3.50. The Morgan fingerprint density at radius 3 is 2.24 bits per heavy atom. The summed E-state index contributed by atoms with van der Waals surface area (Å²) in [4.78, 5) is 36.7. The molecule has 12 heteroatoms. The van der Waals surface area contributed by atoms with E-state index in [1.54, 1.807) is 25.1 Å². The van der Waals surface area contributed by atoms with Gasteiger partial charge in [0, 0.05) is 19.2 Å². The maximum atomic E-state index is 13.1. The van der Waals surface area contributed by atoms with Crippen molar-refractivity contribution in [2.24, 2.45) is 0 Å². The maximum Gasteiger partial charge on any atom is 0.344 e. The highest BCUT2D eigenvalue weighted by molar-refractivity contribution is 8.08. The number of aromatic hydroxyl groups is 1. The lowest BCUT2D eigenvalue weighted by Crippen LogP contribution is -2.25. The largest absolute Gasteiger partial charge is 0.504 e. The molecule has 11 nitrogen and oxygen atoms in total. The van der Waals surface area contributed by atoms with Crippen molar-refractivity contribution >= 4 is 41.2 Å². The van der Waals surface area contributed by atoms with Crippen molar-refractivity contribution in [1.82, 2.24) is 5.32 Å². The number of carbonyl (C=O) groups is 3. The molecule has 0 spiro atoms. The van der Waals surface area contributed by atoms with Crippen molar-refractivity contribution in [2.75, 3.05) is 64.7 Å². The van der Waals surface area contributed by atoms with E-state index in [1.165, 1.54) is 13.0 Å². The molecular weight excluding hydrogens is 564 g/mol. The highest BCUT2D eigenvalue weighted by Gasteiger charge is 2.35. The molecule has 1 aliphatic rings. The van der Waals surface area contributed by atoms with Crippen molar-refractivity contribution in [3.63, 3.8) is 0 Å². The molecule has 0 saturated heterocycles. The van der Waals surface area contributed by atoms with Crippen LogP contribution < -0.4 is 15.4 Å². The number of Topliss-reactive ketones (excluding diaryl/α,β-unsaturated/α-hetero) is 1. The van der Waals surface area contributed by atoms with Crippen molar-refractivity contribution in [3.05, 3.63) is 69.6 Å². The number of ketones is 1. The van der Waals surface area contributed by atoms with Crippen LogP contribution in [0.15, 0.2) is 64.0 Å². The molecule has 1 heterocycles. The Labute approximate surface area is 249 Å². The number of amides is 1. The van der Waals surface area contributed by atoms with E-state index in [2.05, 4.69) is 10.6 Å². The van der Waals surface area contributed by atoms with Crippen molar-refractivity contribution in [3.8, 4) is 11.5 Å². The van der Waals surface area contributed by atoms with Crippen LogP contribution in [-0.4, -0.2) is 82.2 Å². The number of hydrogen-bond donors (Lipinski definition) is 3. The molecule has 0 aromatic heterocycles. The number of phenolic OH excluding ortho intramolecular Hbond substituents is 1. The summed E-state index contributed by atoms with van der Waals surface area (Å²) in [6.07, 6.45) is 1.60. The van der Waals surface area contributed by atoms with Crippen LogP contribution in [0.4, 0.5) is 5.69 Å². The van der Waals surface area contributed by atoms with E-state index in [4.69, 9.17) is 23.7 Å². The molecule has 0 fully saturated rings. The number of ether oxygens (including phenoxy) is 5. The number of esters is 1. The number of para-hydroxylation sites is 1. The third-order valence-corrected chi connectivity index (χ3v) is 6.56. The summed E-state index contributed by atoms with van der Waals surface area (Å²) in [5, 5.41) is 16.6. The second kappa shape index (κ2) is 17.9. The summed E-state index contributed by atoms with van der Waals surface area (Å²) in [6.45, 7) is 6.32. The zero-order chi connectivity index (χ0) is 30.2. The van der Waals surface area contributed by atoms with Crippen LogP contribution in [0.25, 0.3) is 6.08 Å². The summed E-state index contributed by atoms with van der Waals surface area (Å²) in [7, 11) is 0. The van der Waals surface area contributed by atoms with E-state index in [1.807, 2.05) is 30.3 Å². The van der Waals surface area contributed by atoms with Crippen LogP contribution in [0.2, 0.25) is 0 Å². The first kappa shape index (κ1) is 32.7. The minimum atomic E-state index is -0.693. The number of allylic oxidation sites excluding steroid dienone is 1. The van der Waals surface area contributed by atoms with Gasteiger partial charge in [-0.2, -0.15) is 0 Å². The lowest BCUT2D eigenvalue weighted by atomic mass is 10.1. The van der Waals surface area contributed by atoms with Crippen molar-refractivity contribution in [2.45, 2.75) is 13.8 Å². The summed E-state index contributed by atoms with van der Waals surface area (Å²) in [6, 6.07) is 14.0. The molecule has 3 rings (SSSR count). The molecule has 3 N–H and O–H groups in total. The van der Waals surface area contributed by atoms with Gasteiger partial charge in [0.15, 0.2) is 11.5 Å². The van der Waals surface area contributed by atoms with E-state index in [0.29, 0.717) is 61.7 Å². The first-order valence-corrected chi connectivity index (χ1v) is 14.3. The average molecular weight is 601 g/mol. The molecule has 2 aromatic rings. The van der Waals surface area contributed by atoms with Crippen LogP contribution in [0, 0.1) is 0 Å². The quantitative estimate of drug-likeness (QED) is 0.100. The van der Waals surface area contributed by atoms with E-state index >= 15 is 0 Å². The van der Waals surface area contributed by atoms with Gasteiger partial charge in [-0.3, -0.25) is 9.59 Å². The maximum absolute atomic E-state index is 13.1. The van der Waals surface area contributed by atoms with Gasteiger partial charge in [0.2, 0.25) is 11.7 Å². The van der Waals surface area contributed by atoms with Gasteiger partial charge in [-0.1, -0.05) is 36.0 Å². The van der Waals surface area contributed by atoms with Gasteiger partial charge in [0.05, 0.1) is 56.2 Å². The fraction of sp³-hybridized carbons (Fsp3) is 0.367. The van der Waals surface area contributed by atoms with Gasteiger partial charge in [0.1, 0.15) is 12.2 Å². The molecule has 226 valence electrons. The minimum absolute atomic E-state index is 0.0569. The van der Waals surface area contributed by atoms with E-state index < -0.39 is 11.8 Å². The van der Waals surface area contributed by atoms with Gasteiger partial charge in [0.25, 0.3) is 0 Å². The summed E-state index contributed by atoms with van der Waals surface area (Å²) >= 11 is 1.13. The average Bonchev–Trinajstić information content (AvgIpc) is 3.26. The topological polar surface area (TPSA) is 142 Å². The standard InChI is InChI=1S/C30H36N2O9S/c1-3-40-30(36)27-28(35)26(42-29(27)32-23-7-5-4-6-8-23)20-22-9-10-25(24(34)19-22)41-18-17-39-16-15-38-14-13-37-12-11-31-21(2)33/h4-10,19-20,32,34H,3,11-18H2,1-2H3,(H,31,33)/b26-20-. The number of thioether (sulfide) groups is 1. The molecule has 0 radical (unpaired) electrons. The van der Waals surface area contributed by atoms with Gasteiger partial charge >= 0.3 is 5.97 Å². The predicted molar refractivity (Wildman–Crippen MR) is 159 cm³/mol. The van der Waals surface area contributed by atoms with Crippen LogP contribution in [0.1, 0.15) is 19.4 Å². The second-order valence-electron chi connectivity index (χ2n) is 8.75. The zero-order valence-corrected chi connectivity index (χ0v) is 24.5. The SMILES string of the molecule is CCOC(=O)C1=C(Nc2ccccc2)S/C(=C\c2ccc(OCCOCCOCCOCCNC(C)=O)c(O)c2)C1=O. The first-order chi connectivity index (χ1) is 20.4. The lowest BCUT2D eigenvalue weighted by Gasteiger charge is -2.10. The number of rotatable bonds is 18. The molecule has 0 unspecified atom stereocenters. The monoisotopic (exact) mass is 600 g/mol. The van der Waals surface area contributed by atoms with E-state index in [9.17, 15) is 19.5 Å². The Morgan fingerprint density at radius 2 is 1.60 bits per heavy atom. The molecule has 1 aliphatic heterocycles. The molecular formula is C30H36N2O9S. The molecule has 2 aromatic carbocycles. The Balaban J connectivity index is 1.43. The Bertz CT molecular complexity index is 1260. The smallest absolute Gasteiger partial charge is 0.344 e. The van der Waals surface area contributed by atoms with Crippen molar-refractivity contribution < 1.29 is 43.2 Å². The number of benzene rings is 2. The first-order valence-electron chi connectivity index (χ1n) is 13.5. The van der Waals surface area contributed by atoms with E-state index in [0.717, 1.165) is 17.4 Å². The van der Waals surface area contributed by atoms with E-state index in [-0.39, 0.29) is 36.2 Å². The minimum Gasteiger partial charge on any atom is -0.504 e. The fourth-order valence-corrected chi connectivity index (χ4v) is 4.66. The third-order valence-electron chi connectivity index (χ3n) is 5.53. The number of nitrogens with one attached hydrogen (secondary N) is 2.